The molecule has 1 rings (SSSR count). The van der Waals surface area contributed by atoms with E-state index >= 15 is 0 Å². The molecule has 0 spiro atoms. The molecule has 1 aromatic rings. The van der Waals surface area contributed by atoms with Crippen molar-refractivity contribution < 1.29 is 0 Å². The Balaban J connectivity index is 2.58. The van der Waals surface area contributed by atoms with E-state index in [0.717, 1.165) is 43.9 Å². The zero-order chi connectivity index (χ0) is 13.8. The third-order valence-electron chi connectivity index (χ3n) is 3.26. The molecule has 1 heterocycles. The summed E-state index contributed by atoms with van der Waals surface area (Å²) < 4.78 is 2.02. The summed E-state index contributed by atoms with van der Waals surface area (Å²) in [5.41, 5.74) is 5.65. The molecule has 0 bridgehead atoms. The summed E-state index contributed by atoms with van der Waals surface area (Å²) in [5.74, 6) is 2.00. The van der Waals surface area contributed by atoms with Crippen molar-refractivity contribution in [2.45, 2.75) is 59.9 Å². The number of nitrogens with two attached hydrogens (primary N) is 1. The lowest BCUT2D eigenvalue weighted by Gasteiger charge is -2.22. The first-order chi connectivity index (χ1) is 8.40. The summed E-state index contributed by atoms with van der Waals surface area (Å²) in [4.78, 5) is 5.09. The highest BCUT2D eigenvalue weighted by molar-refractivity contribution is 7.80. The van der Waals surface area contributed by atoms with Crippen LogP contribution in [-0.4, -0.2) is 19.8 Å². The number of rotatable bonds is 7. The third-order valence-corrected chi connectivity index (χ3v) is 3.82. The maximum absolute atomic E-state index is 5.73. The molecule has 0 saturated heterocycles. The lowest BCUT2D eigenvalue weighted by Crippen LogP contribution is -2.29. The van der Waals surface area contributed by atoms with Crippen LogP contribution < -0.4 is 5.73 Å². The lowest BCUT2D eigenvalue weighted by molar-refractivity contribution is 0.420. The van der Waals surface area contributed by atoms with Crippen molar-refractivity contribution in [2.24, 2.45) is 11.1 Å². The second kappa shape index (κ2) is 6.27. The highest BCUT2D eigenvalue weighted by Gasteiger charge is 2.20. The fraction of sp³-hybridized carbons (Fsp3) is 0.769. The van der Waals surface area contributed by atoms with Gasteiger partial charge in [-0.3, -0.25) is 0 Å². The van der Waals surface area contributed by atoms with Crippen molar-refractivity contribution in [2.75, 3.05) is 0 Å². The normalized spacial score (nSPS) is 11.8. The van der Waals surface area contributed by atoms with Crippen molar-refractivity contribution in [3.05, 3.63) is 11.6 Å². The Labute approximate surface area is 115 Å². The second-order valence-electron chi connectivity index (χ2n) is 5.23. The number of nitrogens with zero attached hydrogens (tertiary/aromatic N) is 3. The van der Waals surface area contributed by atoms with E-state index in [1.807, 2.05) is 4.68 Å². The van der Waals surface area contributed by atoms with E-state index < -0.39 is 0 Å². The summed E-state index contributed by atoms with van der Waals surface area (Å²) in [7, 11) is 0. The molecule has 0 atom stereocenters. The van der Waals surface area contributed by atoms with Gasteiger partial charge in [-0.15, -0.1) is 0 Å². The van der Waals surface area contributed by atoms with Crippen LogP contribution in [0, 0.1) is 5.41 Å². The molecular weight excluding hydrogens is 244 g/mol. The van der Waals surface area contributed by atoms with Gasteiger partial charge in [0, 0.05) is 24.8 Å². The van der Waals surface area contributed by atoms with Crippen molar-refractivity contribution in [1.29, 1.82) is 0 Å². The van der Waals surface area contributed by atoms with Crippen molar-refractivity contribution in [3.8, 4) is 0 Å². The molecule has 0 radical (unpaired) electrons. The molecule has 0 saturated carbocycles. The molecule has 1 aromatic heterocycles. The molecular formula is C13H24N4S. The maximum atomic E-state index is 5.73. The predicted octanol–water partition coefficient (Wildman–Crippen LogP) is 2.50. The van der Waals surface area contributed by atoms with Crippen LogP contribution in [0.15, 0.2) is 0 Å². The van der Waals surface area contributed by atoms with Gasteiger partial charge in [-0.05, 0) is 12.8 Å². The zero-order valence-corrected chi connectivity index (χ0v) is 12.7. The first-order valence-corrected chi connectivity index (χ1v) is 7.04. The number of aromatic nitrogens is 3. The summed E-state index contributed by atoms with van der Waals surface area (Å²) in [6.07, 6.45) is 3.81. The summed E-state index contributed by atoms with van der Waals surface area (Å²) >= 11 is 5.08. The predicted molar refractivity (Wildman–Crippen MR) is 78.6 cm³/mol. The van der Waals surface area contributed by atoms with Gasteiger partial charge in [0.15, 0.2) is 5.82 Å². The van der Waals surface area contributed by atoms with Crippen molar-refractivity contribution in [1.82, 2.24) is 14.8 Å². The molecule has 0 aromatic carbocycles. The second-order valence-corrected chi connectivity index (χ2v) is 5.67. The molecule has 0 unspecified atom stereocenters. The van der Waals surface area contributed by atoms with Crippen LogP contribution in [-0.2, 0) is 19.4 Å². The smallest absolute Gasteiger partial charge is 0.150 e. The fourth-order valence-corrected chi connectivity index (χ4v) is 1.91. The summed E-state index contributed by atoms with van der Waals surface area (Å²) in [5, 5.41) is 4.51. The van der Waals surface area contributed by atoms with E-state index in [2.05, 4.69) is 37.8 Å². The highest BCUT2D eigenvalue weighted by atomic mass is 32.1. The van der Waals surface area contributed by atoms with Crippen LogP contribution in [0.3, 0.4) is 0 Å². The van der Waals surface area contributed by atoms with E-state index in [-0.39, 0.29) is 5.41 Å². The van der Waals surface area contributed by atoms with Gasteiger partial charge >= 0.3 is 0 Å². The minimum Gasteiger partial charge on any atom is -0.393 e. The summed E-state index contributed by atoms with van der Waals surface area (Å²) in [6, 6.07) is 0. The third kappa shape index (κ3) is 3.77. The number of hydrogen-bond acceptors (Lipinski definition) is 3. The van der Waals surface area contributed by atoms with Gasteiger partial charge in [0.25, 0.3) is 0 Å². The standard InChI is InChI=1S/C13H24N4S/c1-5-10-15-11(6-2)17(16-10)9-7-8-13(3,4)12(14)18/h5-9H2,1-4H3,(H2,14,18). The quantitative estimate of drug-likeness (QED) is 0.772. The van der Waals surface area contributed by atoms with Gasteiger partial charge in [-0.25, -0.2) is 9.67 Å². The van der Waals surface area contributed by atoms with Crippen LogP contribution in [0.4, 0.5) is 0 Å². The minimum absolute atomic E-state index is 0.0735. The minimum atomic E-state index is -0.0735. The van der Waals surface area contributed by atoms with E-state index in [4.69, 9.17) is 18.0 Å². The molecule has 0 amide bonds. The number of thiocarbonyl (C=S) groups is 1. The van der Waals surface area contributed by atoms with Gasteiger partial charge in [0.05, 0.1) is 4.99 Å². The monoisotopic (exact) mass is 268 g/mol. The van der Waals surface area contributed by atoms with Crippen LogP contribution in [0.5, 0.6) is 0 Å². The van der Waals surface area contributed by atoms with E-state index in [9.17, 15) is 0 Å². The van der Waals surface area contributed by atoms with Crippen molar-refractivity contribution >= 4 is 17.2 Å². The van der Waals surface area contributed by atoms with E-state index in [1.165, 1.54) is 0 Å². The summed E-state index contributed by atoms with van der Waals surface area (Å²) in [6.45, 7) is 9.26. The average Bonchev–Trinajstić information content (AvgIpc) is 2.71. The Morgan fingerprint density at radius 3 is 2.50 bits per heavy atom. The lowest BCUT2D eigenvalue weighted by atomic mass is 9.88. The zero-order valence-electron chi connectivity index (χ0n) is 11.9. The van der Waals surface area contributed by atoms with E-state index in [0.29, 0.717) is 4.99 Å². The average molecular weight is 268 g/mol. The Morgan fingerprint density at radius 2 is 2.00 bits per heavy atom. The van der Waals surface area contributed by atoms with Gasteiger partial charge in [-0.2, -0.15) is 5.10 Å². The maximum Gasteiger partial charge on any atom is 0.150 e. The topological polar surface area (TPSA) is 56.7 Å². The molecule has 102 valence electrons. The van der Waals surface area contributed by atoms with Gasteiger partial charge in [0.1, 0.15) is 5.82 Å². The van der Waals surface area contributed by atoms with Crippen molar-refractivity contribution in [3.63, 3.8) is 0 Å². The van der Waals surface area contributed by atoms with Crippen LogP contribution in [0.1, 0.15) is 52.2 Å². The first kappa shape index (κ1) is 15.1. The molecule has 0 fully saturated rings. The fourth-order valence-electron chi connectivity index (χ4n) is 1.81. The van der Waals surface area contributed by atoms with E-state index in [1.54, 1.807) is 0 Å². The molecule has 0 aliphatic rings. The Kier molecular flexibility index (Phi) is 5.26. The first-order valence-electron chi connectivity index (χ1n) is 6.63. The molecule has 0 aliphatic heterocycles. The van der Waals surface area contributed by atoms with Crippen LogP contribution >= 0.6 is 12.2 Å². The molecule has 2 N–H and O–H groups in total. The molecule has 4 nitrogen and oxygen atoms in total. The Bertz CT molecular complexity index is 409. The molecule has 5 heteroatoms. The van der Waals surface area contributed by atoms with Crippen LogP contribution in [0.2, 0.25) is 0 Å². The van der Waals surface area contributed by atoms with Gasteiger partial charge < -0.3 is 5.73 Å². The highest BCUT2D eigenvalue weighted by Crippen LogP contribution is 2.23. The number of aryl methyl sites for hydroxylation is 3. The van der Waals surface area contributed by atoms with Crippen LogP contribution in [0.25, 0.3) is 0 Å². The molecule has 18 heavy (non-hydrogen) atoms. The SMILES string of the molecule is CCc1nc(CC)n(CCCC(C)(C)C(N)=S)n1. The van der Waals surface area contributed by atoms with Gasteiger partial charge in [-0.1, -0.05) is 39.9 Å². The largest absolute Gasteiger partial charge is 0.393 e. The Morgan fingerprint density at radius 1 is 1.33 bits per heavy atom. The molecule has 0 aliphatic carbocycles. The van der Waals surface area contributed by atoms with Gasteiger partial charge in [0.2, 0.25) is 0 Å². The number of hydrogen-bond donors (Lipinski definition) is 1. The Hall–Kier alpha value is -0.970.